The fourth-order valence-corrected chi connectivity index (χ4v) is 16.9. The quantitative estimate of drug-likeness (QED) is 0.165. The van der Waals surface area contributed by atoms with E-state index in [-0.39, 0.29) is 10.8 Å². The summed E-state index contributed by atoms with van der Waals surface area (Å²) in [7, 11) is 0. The van der Waals surface area contributed by atoms with Gasteiger partial charge in [-0.2, -0.15) is 0 Å². The number of para-hydroxylation sites is 1. The van der Waals surface area contributed by atoms with Gasteiger partial charge >= 0.3 is 0 Å². The number of hydrogen-bond acceptors (Lipinski definition) is 2. The van der Waals surface area contributed by atoms with Crippen molar-refractivity contribution in [2.75, 3.05) is 4.90 Å². The van der Waals surface area contributed by atoms with E-state index >= 15 is 0 Å². The Balaban J connectivity index is 0.971. The Hall–Kier alpha value is -5.86. The zero-order valence-corrected chi connectivity index (χ0v) is 36.6. The molecule has 2 spiro atoms. The smallest absolute Gasteiger partial charge is 0.137 e. The van der Waals surface area contributed by atoms with Gasteiger partial charge in [0.25, 0.3) is 0 Å². The van der Waals surface area contributed by atoms with Crippen molar-refractivity contribution in [2.45, 2.75) is 81.0 Å². The molecule has 314 valence electrons. The van der Waals surface area contributed by atoms with E-state index in [1.165, 1.54) is 101 Å². The average molecular weight is 830 g/mol. The highest BCUT2D eigenvalue weighted by atomic mass is 16.3. The maximum absolute atomic E-state index is 6.67. The van der Waals surface area contributed by atoms with Crippen LogP contribution in [0, 0.1) is 41.4 Å². The van der Waals surface area contributed by atoms with E-state index < -0.39 is 0 Å². The number of fused-ring (bicyclic) bond motifs is 22. The molecule has 5 aromatic carbocycles. The molecule has 0 saturated heterocycles. The maximum Gasteiger partial charge on any atom is 0.137 e. The highest BCUT2D eigenvalue weighted by molar-refractivity contribution is 6.13. The van der Waals surface area contributed by atoms with E-state index in [1.54, 1.807) is 22.3 Å². The molecule has 6 aromatic rings. The van der Waals surface area contributed by atoms with Crippen LogP contribution < -0.4 is 4.90 Å². The minimum Gasteiger partial charge on any atom is -0.456 e. The normalized spacial score (nSPS) is 33.2. The maximum atomic E-state index is 6.67. The van der Waals surface area contributed by atoms with Crippen LogP contribution in [0.5, 0.6) is 0 Å². The third-order valence-electron chi connectivity index (χ3n) is 18.8. The molecule has 2 saturated carbocycles. The van der Waals surface area contributed by atoms with Gasteiger partial charge in [-0.25, -0.2) is 0 Å². The van der Waals surface area contributed by atoms with Crippen molar-refractivity contribution in [3.05, 3.63) is 203 Å². The summed E-state index contributed by atoms with van der Waals surface area (Å²) in [5.41, 5.74) is 18.0. The van der Waals surface area contributed by atoms with E-state index in [1.807, 2.05) is 0 Å². The van der Waals surface area contributed by atoms with Crippen molar-refractivity contribution in [3.8, 4) is 11.1 Å². The molecule has 2 heteroatoms. The van der Waals surface area contributed by atoms with E-state index in [0.29, 0.717) is 41.4 Å². The summed E-state index contributed by atoms with van der Waals surface area (Å²) in [6, 6.07) is 42.3. The van der Waals surface area contributed by atoms with Gasteiger partial charge in [0.1, 0.15) is 11.2 Å². The molecule has 15 rings (SSSR count). The zero-order valence-electron chi connectivity index (χ0n) is 36.6. The van der Waals surface area contributed by atoms with Crippen molar-refractivity contribution in [2.24, 2.45) is 41.4 Å². The summed E-state index contributed by atoms with van der Waals surface area (Å²) < 4.78 is 6.67. The van der Waals surface area contributed by atoms with Gasteiger partial charge in [0, 0.05) is 39.4 Å². The van der Waals surface area contributed by atoms with E-state index in [2.05, 4.69) is 169 Å². The van der Waals surface area contributed by atoms with Crippen LogP contribution in [0.1, 0.15) is 92.4 Å². The number of anilines is 2. The molecule has 0 N–H and O–H groups in total. The molecule has 9 aliphatic rings. The molecule has 0 bridgehead atoms. The molecular formula is C62H55NO. The fraction of sp³-hybridized carbons (Fsp3) is 0.323. The Labute approximate surface area is 377 Å². The van der Waals surface area contributed by atoms with Gasteiger partial charge < -0.3 is 9.32 Å². The van der Waals surface area contributed by atoms with Gasteiger partial charge in [0.05, 0.1) is 11.1 Å². The lowest BCUT2D eigenvalue weighted by Crippen LogP contribution is -2.44. The molecule has 10 unspecified atom stereocenters. The van der Waals surface area contributed by atoms with Crippen molar-refractivity contribution in [1.29, 1.82) is 0 Å². The lowest BCUT2D eigenvalue weighted by molar-refractivity contribution is 0.133. The lowest BCUT2D eigenvalue weighted by Gasteiger charge is -2.47. The van der Waals surface area contributed by atoms with Gasteiger partial charge in [0.15, 0.2) is 0 Å². The van der Waals surface area contributed by atoms with Gasteiger partial charge in [-0.1, -0.05) is 146 Å². The van der Waals surface area contributed by atoms with E-state index in [9.17, 15) is 0 Å². The minimum absolute atomic E-state index is 0.124. The largest absolute Gasteiger partial charge is 0.456 e. The summed E-state index contributed by atoms with van der Waals surface area (Å²) in [5.74, 6) is 4.68. The summed E-state index contributed by atoms with van der Waals surface area (Å²) in [6.45, 7) is 0. The number of rotatable bonds is 3. The molecule has 1 aromatic heterocycles. The molecule has 0 aliphatic heterocycles. The molecule has 2 fully saturated rings. The fourth-order valence-electron chi connectivity index (χ4n) is 16.9. The lowest BCUT2D eigenvalue weighted by atomic mass is 9.57. The Morgan fingerprint density at radius 2 is 1.41 bits per heavy atom. The van der Waals surface area contributed by atoms with Crippen LogP contribution in [-0.2, 0) is 10.8 Å². The minimum atomic E-state index is -0.124. The summed E-state index contributed by atoms with van der Waals surface area (Å²) in [5, 5.41) is 2.37. The summed E-state index contributed by atoms with van der Waals surface area (Å²) >= 11 is 0. The zero-order chi connectivity index (χ0) is 41.7. The second-order valence-corrected chi connectivity index (χ2v) is 21.0. The first-order valence-corrected chi connectivity index (χ1v) is 24.9. The van der Waals surface area contributed by atoms with Gasteiger partial charge in [-0.3, -0.25) is 0 Å². The molecular weight excluding hydrogens is 775 g/mol. The van der Waals surface area contributed by atoms with Crippen molar-refractivity contribution >= 4 is 33.3 Å². The van der Waals surface area contributed by atoms with Crippen molar-refractivity contribution < 1.29 is 4.42 Å². The number of nitrogens with zero attached hydrogens (tertiary/aromatic N) is 1. The molecule has 1 heterocycles. The summed E-state index contributed by atoms with van der Waals surface area (Å²) in [4.78, 5) is 2.65. The van der Waals surface area contributed by atoms with Crippen molar-refractivity contribution in [1.82, 2.24) is 0 Å². The van der Waals surface area contributed by atoms with Crippen LogP contribution in [0.4, 0.5) is 11.4 Å². The van der Waals surface area contributed by atoms with Crippen LogP contribution in [0.2, 0.25) is 0 Å². The molecule has 0 amide bonds. The first kappa shape index (κ1) is 36.5. The number of furan rings is 1. The SMILES string of the molecule is C1=CC2=C(CC1)C1C=CCCC1C21c2ccccc2-c2cc(N(C3=CC4C(C=C3)c3ccccc3C43C4CCC=CC4C4CCCCC43)c3cccc4oc5ccccc5c34)ccc21. The predicted octanol–water partition coefficient (Wildman–Crippen LogP) is 15.7. The van der Waals surface area contributed by atoms with Gasteiger partial charge in [-0.05, 0) is 162 Å². The monoisotopic (exact) mass is 829 g/mol. The van der Waals surface area contributed by atoms with Crippen LogP contribution in [0.15, 0.2) is 185 Å². The van der Waals surface area contributed by atoms with E-state index in [4.69, 9.17) is 4.42 Å². The topological polar surface area (TPSA) is 16.4 Å². The van der Waals surface area contributed by atoms with Crippen LogP contribution in [-0.4, -0.2) is 0 Å². The Morgan fingerprint density at radius 1 is 0.594 bits per heavy atom. The predicted molar refractivity (Wildman–Crippen MR) is 262 cm³/mol. The number of benzene rings is 5. The molecule has 9 aliphatic carbocycles. The molecule has 0 radical (unpaired) electrons. The third-order valence-corrected chi connectivity index (χ3v) is 18.8. The highest BCUT2D eigenvalue weighted by Gasteiger charge is 2.67. The van der Waals surface area contributed by atoms with Crippen LogP contribution in [0.25, 0.3) is 33.1 Å². The second-order valence-electron chi connectivity index (χ2n) is 21.0. The number of hydrogen-bond donors (Lipinski definition) is 0. The Morgan fingerprint density at radius 3 is 2.38 bits per heavy atom. The van der Waals surface area contributed by atoms with E-state index in [0.717, 1.165) is 29.9 Å². The first-order chi connectivity index (χ1) is 31.8. The third kappa shape index (κ3) is 4.48. The van der Waals surface area contributed by atoms with Gasteiger partial charge in [-0.15, -0.1) is 0 Å². The molecule has 64 heavy (non-hydrogen) atoms. The summed E-state index contributed by atoms with van der Waals surface area (Å²) in [6.07, 6.45) is 36.0. The first-order valence-electron chi connectivity index (χ1n) is 24.9. The Kier molecular flexibility index (Phi) is 7.61. The van der Waals surface area contributed by atoms with Crippen molar-refractivity contribution in [3.63, 3.8) is 0 Å². The average Bonchev–Trinajstić information content (AvgIpc) is 4.13. The van der Waals surface area contributed by atoms with Gasteiger partial charge in [0.2, 0.25) is 0 Å². The highest BCUT2D eigenvalue weighted by Crippen LogP contribution is 2.72. The second kappa shape index (κ2) is 13.4. The molecule has 10 atom stereocenters. The number of allylic oxidation sites excluding steroid dienone is 11. The molecule has 2 nitrogen and oxygen atoms in total. The van der Waals surface area contributed by atoms with Crippen LogP contribution >= 0.6 is 0 Å². The van der Waals surface area contributed by atoms with Crippen LogP contribution in [0.3, 0.4) is 0 Å². The Bertz CT molecular complexity index is 3160. The standard InChI is InChI=1S/C62H55NO/c1-8-23-49-40(16-1)41-17-2-9-24-50(41)61(49)54-28-13-6-21-45(54)48-36-38(33-35-55(48)61)63(57-29-15-31-59-60(57)47-22-7-14-30-58(47)64-59)39-32-34-46-44-20-5-12-27-53(44)62(56(46)37-39)51-25-10-3-18-42(51)43-19-4-11-26-52(43)62/h1,3,5-7,9,12-16,18,20-22,24,27-37,40,42-43,46,49,51-52,56H,2,4,8,10-11,17,19,23,25-26H2.